The summed E-state index contributed by atoms with van der Waals surface area (Å²) in [6, 6.07) is 4.94. The molecule has 0 saturated carbocycles. The number of carbonyl (C=O) groups excluding carboxylic acids is 1. The van der Waals surface area contributed by atoms with Gasteiger partial charge in [0.05, 0.1) is 13.2 Å². The van der Waals surface area contributed by atoms with Crippen molar-refractivity contribution in [3.63, 3.8) is 0 Å². The first kappa shape index (κ1) is 11.7. The molecule has 0 aromatic heterocycles. The van der Waals surface area contributed by atoms with Crippen molar-refractivity contribution in [3.05, 3.63) is 23.8 Å². The summed E-state index contributed by atoms with van der Waals surface area (Å²) >= 11 is 0. The second-order valence-electron chi connectivity index (χ2n) is 4.19. The van der Waals surface area contributed by atoms with Crippen LogP contribution in [0, 0.1) is 0 Å². The molecule has 0 radical (unpaired) electrons. The van der Waals surface area contributed by atoms with Gasteiger partial charge in [-0.1, -0.05) is 0 Å². The third kappa shape index (κ3) is 2.50. The number of β-amino-alcohol motifs (C(OH)–C–C–N with tert-alkyl or cyclic N) is 1. The molecule has 5 nitrogen and oxygen atoms in total. The van der Waals surface area contributed by atoms with Gasteiger partial charge in [0.15, 0.2) is 0 Å². The second kappa shape index (κ2) is 4.63. The highest BCUT2D eigenvalue weighted by Gasteiger charge is 2.25. The van der Waals surface area contributed by atoms with Crippen LogP contribution in [0.15, 0.2) is 18.2 Å². The van der Waals surface area contributed by atoms with Gasteiger partial charge in [0.25, 0.3) is 5.91 Å². The quantitative estimate of drug-likeness (QED) is 0.732. The first-order valence-electron chi connectivity index (χ1n) is 5.52. The first-order valence-corrected chi connectivity index (χ1v) is 5.52. The molecule has 1 heterocycles. The summed E-state index contributed by atoms with van der Waals surface area (Å²) < 4.78 is 5.07. The SMILES string of the molecule is COc1cc(N)cc(C(=O)N2CC[C@H](O)C2)c1. The van der Waals surface area contributed by atoms with Crippen LogP contribution in [0.5, 0.6) is 5.75 Å². The number of amides is 1. The summed E-state index contributed by atoms with van der Waals surface area (Å²) in [5.41, 5.74) is 6.69. The molecule has 1 saturated heterocycles. The van der Waals surface area contributed by atoms with E-state index in [9.17, 15) is 9.90 Å². The normalized spacial score (nSPS) is 19.4. The minimum atomic E-state index is -0.415. The van der Waals surface area contributed by atoms with Gasteiger partial charge in [-0.25, -0.2) is 0 Å². The van der Waals surface area contributed by atoms with Gasteiger partial charge in [0.2, 0.25) is 0 Å². The molecule has 1 aliphatic rings. The fourth-order valence-electron chi connectivity index (χ4n) is 1.97. The van der Waals surface area contributed by atoms with E-state index in [0.29, 0.717) is 36.5 Å². The minimum Gasteiger partial charge on any atom is -0.497 e. The molecule has 1 aliphatic heterocycles. The number of nitrogens with zero attached hydrogens (tertiary/aromatic N) is 1. The molecule has 17 heavy (non-hydrogen) atoms. The monoisotopic (exact) mass is 236 g/mol. The van der Waals surface area contributed by atoms with Crippen LogP contribution in [-0.2, 0) is 0 Å². The van der Waals surface area contributed by atoms with Crippen LogP contribution < -0.4 is 10.5 Å². The van der Waals surface area contributed by atoms with Crippen LogP contribution >= 0.6 is 0 Å². The van der Waals surface area contributed by atoms with Crippen LogP contribution in [0.1, 0.15) is 16.8 Å². The largest absolute Gasteiger partial charge is 0.497 e. The Hall–Kier alpha value is -1.75. The van der Waals surface area contributed by atoms with Crippen LogP contribution in [0.2, 0.25) is 0 Å². The summed E-state index contributed by atoms with van der Waals surface area (Å²) in [5.74, 6) is 0.445. The molecule has 0 aliphatic carbocycles. The van der Waals surface area contributed by atoms with E-state index in [1.54, 1.807) is 23.1 Å². The number of nitrogen functional groups attached to an aromatic ring is 1. The summed E-state index contributed by atoms with van der Waals surface area (Å²) in [5, 5.41) is 9.41. The topological polar surface area (TPSA) is 75.8 Å². The Balaban J connectivity index is 2.21. The Morgan fingerprint density at radius 3 is 2.88 bits per heavy atom. The summed E-state index contributed by atoms with van der Waals surface area (Å²) in [7, 11) is 1.53. The Morgan fingerprint density at radius 2 is 2.29 bits per heavy atom. The average molecular weight is 236 g/mol. The minimum absolute atomic E-state index is 0.118. The van der Waals surface area contributed by atoms with Gasteiger partial charge in [-0.3, -0.25) is 4.79 Å². The molecule has 1 aromatic rings. The van der Waals surface area contributed by atoms with Crippen LogP contribution in [0.25, 0.3) is 0 Å². The zero-order valence-corrected chi connectivity index (χ0v) is 9.72. The van der Waals surface area contributed by atoms with Gasteiger partial charge in [0.1, 0.15) is 5.75 Å². The van der Waals surface area contributed by atoms with Gasteiger partial charge in [0, 0.05) is 30.4 Å². The lowest BCUT2D eigenvalue weighted by Crippen LogP contribution is -2.29. The zero-order valence-electron chi connectivity index (χ0n) is 9.72. The maximum Gasteiger partial charge on any atom is 0.254 e. The number of rotatable bonds is 2. The zero-order chi connectivity index (χ0) is 12.4. The van der Waals surface area contributed by atoms with Gasteiger partial charge >= 0.3 is 0 Å². The van der Waals surface area contributed by atoms with Crippen molar-refractivity contribution < 1.29 is 14.6 Å². The number of likely N-dealkylation sites (tertiary alicyclic amines) is 1. The maximum atomic E-state index is 12.1. The lowest BCUT2D eigenvalue weighted by Gasteiger charge is -2.16. The maximum absolute atomic E-state index is 12.1. The van der Waals surface area contributed by atoms with E-state index in [2.05, 4.69) is 0 Å². The molecule has 1 fully saturated rings. The van der Waals surface area contributed by atoms with Gasteiger partial charge < -0.3 is 20.5 Å². The number of benzene rings is 1. The number of nitrogens with two attached hydrogens (primary N) is 1. The van der Waals surface area contributed by atoms with E-state index in [0.717, 1.165) is 0 Å². The molecule has 0 unspecified atom stereocenters. The lowest BCUT2D eigenvalue weighted by molar-refractivity contribution is 0.0764. The highest BCUT2D eigenvalue weighted by atomic mass is 16.5. The highest BCUT2D eigenvalue weighted by molar-refractivity contribution is 5.95. The Bertz CT molecular complexity index is 434. The molecule has 92 valence electrons. The van der Waals surface area contributed by atoms with Crippen molar-refractivity contribution in [2.45, 2.75) is 12.5 Å². The first-order chi connectivity index (χ1) is 8.10. The van der Waals surface area contributed by atoms with E-state index >= 15 is 0 Å². The van der Waals surface area contributed by atoms with Crippen molar-refractivity contribution in [3.8, 4) is 5.75 Å². The van der Waals surface area contributed by atoms with Crippen LogP contribution in [0.4, 0.5) is 5.69 Å². The Kier molecular flexibility index (Phi) is 3.19. The third-order valence-corrected chi connectivity index (χ3v) is 2.86. The van der Waals surface area contributed by atoms with Crippen molar-refractivity contribution in [2.24, 2.45) is 0 Å². The van der Waals surface area contributed by atoms with Gasteiger partial charge in [-0.15, -0.1) is 0 Å². The molecule has 3 N–H and O–H groups in total. The van der Waals surface area contributed by atoms with Crippen molar-refractivity contribution >= 4 is 11.6 Å². The van der Waals surface area contributed by atoms with Crippen molar-refractivity contribution in [1.29, 1.82) is 0 Å². The molecule has 0 spiro atoms. The number of methoxy groups -OCH3 is 1. The average Bonchev–Trinajstić information content (AvgIpc) is 2.74. The fourth-order valence-corrected chi connectivity index (χ4v) is 1.97. The highest BCUT2D eigenvalue weighted by Crippen LogP contribution is 2.21. The van der Waals surface area contributed by atoms with Crippen molar-refractivity contribution in [2.75, 3.05) is 25.9 Å². The van der Waals surface area contributed by atoms with Gasteiger partial charge in [-0.2, -0.15) is 0 Å². The van der Waals surface area contributed by atoms with E-state index < -0.39 is 6.10 Å². The molecule has 0 bridgehead atoms. The van der Waals surface area contributed by atoms with Crippen LogP contribution in [-0.4, -0.2) is 42.2 Å². The Morgan fingerprint density at radius 1 is 1.53 bits per heavy atom. The number of hydrogen-bond acceptors (Lipinski definition) is 4. The van der Waals surface area contributed by atoms with E-state index in [4.69, 9.17) is 10.5 Å². The number of carbonyl (C=O) groups is 1. The third-order valence-electron chi connectivity index (χ3n) is 2.86. The van der Waals surface area contributed by atoms with E-state index in [-0.39, 0.29) is 5.91 Å². The molecule has 2 rings (SSSR count). The molecule has 1 amide bonds. The molecule has 1 aromatic carbocycles. The summed E-state index contributed by atoms with van der Waals surface area (Å²) in [6.45, 7) is 0.965. The van der Waals surface area contributed by atoms with E-state index in [1.165, 1.54) is 7.11 Å². The summed E-state index contributed by atoms with van der Waals surface area (Å²) in [4.78, 5) is 13.7. The summed E-state index contributed by atoms with van der Waals surface area (Å²) in [6.07, 6.45) is 0.215. The second-order valence-corrected chi connectivity index (χ2v) is 4.19. The van der Waals surface area contributed by atoms with Crippen LogP contribution in [0.3, 0.4) is 0 Å². The fraction of sp³-hybridized carbons (Fsp3) is 0.417. The number of aliphatic hydroxyl groups excluding tert-OH is 1. The van der Waals surface area contributed by atoms with Gasteiger partial charge in [-0.05, 0) is 18.6 Å². The molecular formula is C12H16N2O3. The predicted molar refractivity (Wildman–Crippen MR) is 63.9 cm³/mol. The number of ether oxygens (including phenoxy) is 1. The lowest BCUT2D eigenvalue weighted by atomic mass is 10.1. The Labute approximate surface area is 99.8 Å². The standard InChI is InChI=1S/C12H16N2O3/c1-17-11-5-8(4-9(13)6-11)12(16)14-3-2-10(15)7-14/h4-6,10,15H,2-3,7,13H2,1H3/t10-/m0/s1. The molecule has 1 atom stereocenters. The smallest absolute Gasteiger partial charge is 0.254 e. The number of hydrogen-bond donors (Lipinski definition) is 2. The molecule has 5 heteroatoms. The molecular weight excluding hydrogens is 220 g/mol. The van der Waals surface area contributed by atoms with E-state index in [1.807, 2.05) is 0 Å². The number of anilines is 1. The van der Waals surface area contributed by atoms with Crippen molar-refractivity contribution in [1.82, 2.24) is 4.90 Å². The number of aliphatic hydroxyl groups is 1. The predicted octanol–water partition coefficient (Wildman–Crippen LogP) is 0.484.